The number of anilines is 1. The Morgan fingerprint density at radius 3 is 3.22 bits per heavy atom. The number of nitrogens with zero attached hydrogens (tertiary/aromatic N) is 6. The summed E-state index contributed by atoms with van der Waals surface area (Å²) < 4.78 is 1.46. The lowest BCUT2D eigenvalue weighted by molar-refractivity contribution is 0.402. The smallest absolute Gasteiger partial charge is 0.200 e. The maximum atomic E-state index is 4.38. The number of rotatable bonds is 3. The van der Waals surface area contributed by atoms with E-state index < -0.39 is 0 Å². The highest BCUT2D eigenvalue weighted by atomic mass is 15.6. The second-order valence-electron chi connectivity index (χ2n) is 4.75. The van der Waals surface area contributed by atoms with Crippen LogP contribution < -0.4 is 10.2 Å². The van der Waals surface area contributed by atoms with E-state index in [1.165, 1.54) is 23.9 Å². The van der Waals surface area contributed by atoms with Gasteiger partial charge < -0.3 is 10.2 Å². The van der Waals surface area contributed by atoms with Gasteiger partial charge in [-0.15, -0.1) is 14.8 Å². The van der Waals surface area contributed by atoms with Gasteiger partial charge in [-0.05, 0) is 41.9 Å². The molecule has 1 aliphatic heterocycles. The van der Waals surface area contributed by atoms with E-state index in [9.17, 15) is 0 Å². The van der Waals surface area contributed by atoms with Gasteiger partial charge in [-0.3, -0.25) is 0 Å². The second-order valence-corrected chi connectivity index (χ2v) is 4.75. The van der Waals surface area contributed by atoms with E-state index in [2.05, 4.69) is 37.9 Å². The van der Waals surface area contributed by atoms with Gasteiger partial charge in [0.15, 0.2) is 11.5 Å². The van der Waals surface area contributed by atoms with Crippen molar-refractivity contribution in [2.24, 2.45) is 0 Å². The van der Waals surface area contributed by atoms with Gasteiger partial charge in [-0.1, -0.05) is 6.42 Å². The summed E-state index contributed by atoms with van der Waals surface area (Å²) in [5.41, 5.74) is 0.669. The van der Waals surface area contributed by atoms with Gasteiger partial charge in [0.2, 0.25) is 0 Å². The first kappa shape index (κ1) is 11.3. The van der Waals surface area contributed by atoms with E-state index in [1.54, 1.807) is 0 Å². The molecule has 18 heavy (non-hydrogen) atoms. The van der Waals surface area contributed by atoms with Gasteiger partial charge in [-0.2, -0.15) is 0 Å². The van der Waals surface area contributed by atoms with Crippen LogP contribution in [0.4, 0.5) is 5.82 Å². The molecule has 3 heterocycles. The van der Waals surface area contributed by atoms with E-state index in [0.29, 0.717) is 11.7 Å². The minimum absolute atomic E-state index is 0.551. The molecule has 0 spiro atoms. The first-order valence-electron chi connectivity index (χ1n) is 6.33. The van der Waals surface area contributed by atoms with Crippen LogP contribution in [0.3, 0.4) is 0 Å². The Morgan fingerprint density at radius 2 is 2.39 bits per heavy atom. The standard InChI is InChI=1S/C11H17N7/c1-17(8-9-4-2-3-7-12-9)11-6-5-10-13-15-16-18(10)14-11/h5-6,9,12H,2-4,7-8H2,1H3. The Labute approximate surface area is 105 Å². The number of aromatic nitrogens is 5. The molecular weight excluding hydrogens is 230 g/mol. The Balaban J connectivity index is 1.72. The van der Waals surface area contributed by atoms with Gasteiger partial charge in [0.1, 0.15) is 0 Å². The monoisotopic (exact) mass is 247 g/mol. The van der Waals surface area contributed by atoms with Crippen molar-refractivity contribution in [1.29, 1.82) is 0 Å². The minimum atomic E-state index is 0.551. The quantitative estimate of drug-likeness (QED) is 0.829. The SMILES string of the molecule is CN(CC1CCCCN1)c1ccc2nnnn2n1. The molecule has 1 atom stereocenters. The molecule has 2 aromatic rings. The zero-order chi connectivity index (χ0) is 12.4. The molecule has 0 aromatic carbocycles. The van der Waals surface area contributed by atoms with Gasteiger partial charge in [0.05, 0.1) is 0 Å². The summed E-state index contributed by atoms with van der Waals surface area (Å²) in [6, 6.07) is 4.39. The molecule has 96 valence electrons. The Kier molecular flexibility index (Phi) is 3.06. The maximum Gasteiger partial charge on any atom is 0.200 e. The zero-order valence-corrected chi connectivity index (χ0v) is 10.5. The molecular formula is C11H17N7. The van der Waals surface area contributed by atoms with Crippen LogP contribution in [0.5, 0.6) is 0 Å². The molecule has 1 N–H and O–H groups in total. The summed E-state index contributed by atoms with van der Waals surface area (Å²) in [7, 11) is 2.05. The molecule has 0 saturated carbocycles. The van der Waals surface area contributed by atoms with Gasteiger partial charge >= 0.3 is 0 Å². The third kappa shape index (κ3) is 2.26. The highest BCUT2D eigenvalue weighted by Crippen LogP contribution is 2.12. The lowest BCUT2D eigenvalue weighted by Gasteiger charge is -2.28. The number of nitrogens with one attached hydrogen (secondary N) is 1. The summed E-state index contributed by atoms with van der Waals surface area (Å²) in [5, 5.41) is 19.2. The largest absolute Gasteiger partial charge is 0.357 e. The summed E-state index contributed by atoms with van der Waals surface area (Å²) in [6.45, 7) is 2.08. The summed E-state index contributed by atoms with van der Waals surface area (Å²) in [5.74, 6) is 0.891. The molecule has 3 rings (SSSR count). The van der Waals surface area contributed by atoms with E-state index in [4.69, 9.17) is 0 Å². The number of hydrogen-bond donors (Lipinski definition) is 1. The lowest BCUT2D eigenvalue weighted by atomic mass is 10.0. The fourth-order valence-corrected chi connectivity index (χ4v) is 2.35. The molecule has 1 fully saturated rings. The minimum Gasteiger partial charge on any atom is -0.357 e. The van der Waals surface area contributed by atoms with Crippen LogP contribution in [0.2, 0.25) is 0 Å². The highest BCUT2D eigenvalue weighted by molar-refractivity contribution is 5.43. The van der Waals surface area contributed by atoms with Crippen LogP contribution in [0.1, 0.15) is 19.3 Å². The number of likely N-dealkylation sites (N-methyl/N-ethyl adjacent to an activating group) is 1. The Hall–Kier alpha value is -1.76. The fraction of sp³-hybridized carbons (Fsp3) is 0.636. The zero-order valence-electron chi connectivity index (χ0n) is 10.5. The van der Waals surface area contributed by atoms with E-state index in [1.807, 2.05) is 12.1 Å². The molecule has 1 unspecified atom stereocenters. The third-order valence-electron chi connectivity index (χ3n) is 3.35. The van der Waals surface area contributed by atoms with Crippen LogP contribution in [-0.4, -0.2) is 51.4 Å². The van der Waals surface area contributed by atoms with Crippen LogP contribution in [-0.2, 0) is 0 Å². The number of piperidine rings is 1. The van der Waals surface area contributed by atoms with Crippen molar-refractivity contribution < 1.29 is 0 Å². The van der Waals surface area contributed by atoms with Crippen molar-refractivity contribution in [3.63, 3.8) is 0 Å². The van der Waals surface area contributed by atoms with Gasteiger partial charge in [-0.25, -0.2) is 0 Å². The Morgan fingerprint density at radius 1 is 1.44 bits per heavy atom. The van der Waals surface area contributed by atoms with Crippen molar-refractivity contribution in [3.05, 3.63) is 12.1 Å². The number of tetrazole rings is 1. The Bertz CT molecular complexity index is 517. The van der Waals surface area contributed by atoms with E-state index >= 15 is 0 Å². The van der Waals surface area contributed by atoms with Crippen LogP contribution >= 0.6 is 0 Å². The predicted molar refractivity (Wildman–Crippen MR) is 67.5 cm³/mol. The summed E-state index contributed by atoms with van der Waals surface area (Å²) in [6.07, 6.45) is 3.83. The second kappa shape index (κ2) is 4.85. The third-order valence-corrected chi connectivity index (χ3v) is 3.35. The maximum absolute atomic E-state index is 4.38. The molecule has 1 saturated heterocycles. The highest BCUT2D eigenvalue weighted by Gasteiger charge is 2.15. The number of hydrogen-bond acceptors (Lipinski definition) is 6. The average molecular weight is 247 g/mol. The number of fused-ring (bicyclic) bond motifs is 1. The van der Waals surface area contributed by atoms with Crippen molar-refractivity contribution in [1.82, 2.24) is 30.6 Å². The van der Waals surface area contributed by atoms with Crippen molar-refractivity contribution in [2.45, 2.75) is 25.3 Å². The lowest BCUT2D eigenvalue weighted by Crippen LogP contribution is -2.42. The topological polar surface area (TPSA) is 71.2 Å². The normalized spacial score (nSPS) is 20.2. The van der Waals surface area contributed by atoms with Crippen LogP contribution in [0.15, 0.2) is 12.1 Å². The van der Waals surface area contributed by atoms with Gasteiger partial charge in [0.25, 0.3) is 0 Å². The van der Waals surface area contributed by atoms with Gasteiger partial charge in [0, 0.05) is 19.6 Å². The van der Waals surface area contributed by atoms with Crippen LogP contribution in [0, 0.1) is 0 Å². The van der Waals surface area contributed by atoms with Crippen LogP contribution in [0.25, 0.3) is 5.65 Å². The van der Waals surface area contributed by atoms with Crippen molar-refractivity contribution >= 4 is 11.5 Å². The first-order valence-corrected chi connectivity index (χ1v) is 6.33. The van der Waals surface area contributed by atoms with E-state index in [-0.39, 0.29) is 0 Å². The predicted octanol–water partition coefficient (Wildman–Crippen LogP) is 0.0976. The molecule has 1 aliphatic rings. The van der Waals surface area contributed by atoms with E-state index in [0.717, 1.165) is 18.9 Å². The molecule has 7 nitrogen and oxygen atoms in total. The molecule has 0 aliphatic carbocycles. The summed E-state index contributed by atoms with van der Waals surface area (Å²) >= 11 is 0. The van der Waals surface area contributed by atoms with Crippen molar-refractivity contribution in [2.75, 3.05) is 25.0 Å². The summed E-state index contributed by atoms with van der Waals surface area (Å²) in [4.78, 5) is 2.14. The molecule has 0 bridgehead atoms. The molecule has 7 heteroatoms. The fourth-order valence-electron chi connectivity index (χ4n) is 2.35. The first-order chi connectivity index (χ1) is 8.83. The van der Waals surface area contributed by atoms with Crippen molar-refractivity contribution in [3.8, 4) is 0 Å². The molecule has 0 amide bonds. The molecule has 0 radical (unpaired) electrons. The average Bonchev–Trinajstić information content (AvgIpc) is 2.87. The molecule has 2 aromatic heterocycles.